The first-order valence-electron chi connectivity index (χ1n) is 14.0. The summed E-state index contributed by atoms with van der Waals surface area (Å²) in [5, 5.41) is 19.3. The van der Waals surface area contributed by atoms with Crippen LogP contribution in [0.25, 0.3) is 0 Å². The molecule has 0 spiro atoms. The largest absolute Gasteiger partial charge is 0.586 e. The summed E-state index contributed by atoms with van der Waals surface area (Å²) in [6, 6.07) is 6.94. The van der Waals surface area contributed by atoms with Gasteiger partial charge in [-0.2, -0.15) is 10.2 Å². The van der Waals surface area contributed by atoms with Gasteiger partial charge in [0.15, 0.2) is 11.5 Å². The molecule has 2 heterocycles. The normalized spacial score (nSPS) is 28.6. The van der Waals surface area contributed by atoms with E-state index in [0.29, 0.717) is 41.2 Å². The minimum absolute atomic E-state index is 0.0294. The number of nitrogens with one attached hydrogen (secondary N) is 3. The van der Waals surface area contributed by atoms with Crippen LogP contribution in [0, 0.1) is 34.5 Å². The summed E-state index contributed by atoms with van der Waals surface area (Å²) in [7, 11) is 0. The van der Waals surface area contributed by atoms with Crippen LogP contribution in [0.5, 0.6) is 11.5 Å². The first kappa shape index (κ1) is 27.3. The highest BCUT2D eigenvalue weighted by Crippen LogP contribution is 2.60. The summed E-state index contributed by atoms with van der Waals surface area (Å²) in [5.74, 6) is 2.01. The molecule has 10 nitrogen and oxygen atoms in total. The maximum absolute atomic E-state index is 13.6. The molecule has 4 fully saturated rings. The van der Waals surface area contributed by atoms with Crippen LogP contribution in [0.1, 0.15) is 64.0 Å². The Morgan fingerprint density at radius 3 is 2.63 bits per heavy atom. The van der Waals surface area contributed by atoms with E-state index in [1.807, 2.05) is 20.8 Å². The maximum Gasteiger partial charge on any atom is 0.586 e. The number of ether oxygens (including phenoxy) is 3. The molecule has 5 atom stereocenters. The Kier molecular flexibility index (Phi) is 6.58. The zero-order chi connectivity index (χ0) is 29.0. The van der Waals surface area contributed by atoms with Crippen molar-refractivity contribution in [3.05, 3.63) is 35.5 Å². The summed E-state index contributed by atoms with van der Waals surface area (Å²) in [6.45, 7) is 6.38. The van der Waals surface area contributed by atoms with Gasteiger partial charge in [0.05, 0.1) is 6.20 Å². The lowest BCUT2D eigenvalue weighted by Crippen LogP contribution is -2.60. The van der Waals surface area contributed by atoms with Crippen LogP contribution in [0.4, 0.5) is 25.3 Å². The predicted octanol–water partition coefficient (Wildman–Crippen LogP) is 5.41. The molecule has 7 rings (SSSR count). The Hall–Kier alpha value is -3.88. The number of alkyl halides is 2. The number of aromatic nitrogens is 2. The van der Waals surface area contributed by atoms with Gasteiger partial charge in [-0.25, -0.2) is 9.78 Å². The van der Waals surface area contributed by atoms with Crippen LogP contribution in [0.15, 0.2) is 24.4 Å². The van der Waals surface area contributed by atoms with Crippen molar-refractivity contribution >= 4 is 17.9 Å². The van der Waals surface area contributed by atoms with Crippen LogP contribution in [0.3, 0.4) is 0 Å². The van der Waals surface area contributed by atoms with Gasteiger partial charge < -0.3 is 30.2 Å². The number of nitriles is 1. The van der Waals surface area contributed by atoms with E-state index in [4.69, 9.17) is 4.74 Å². The summed E-state index contributed by atoms with van der Waals surface area (Å²) >= 11 is 0. The van der Waals surface area contributed by atoms with Crippen molar-refractivity contribution < 1.29 is 27.8 Å². The van der Waals surface area contributed by atoms with Crippen molar-refractivity contribution in [2.24, 2.45) is 23.2 Å². The van der Waals surface area contributed by atoms with Crippen molar-refractivity contribution in [1.82, 2.24) is 15.3 Å². The van der Waals surface area contributed by atoms with Gasteiger partial charge in [0.1, 0.15) is 23.1 Å². The van der Waals surface area contributed by atoms with Crippen molar-refractivity contribution in [3.63, 3.8) is 0 Å². The van der Waals surface area contributed by atoms with Gasteiger partial charge in [0.25, 0.3) is 0 Å². The number of fused-ring (bicyclic) bond motifs is 1. The number of benzene rings is 1. The molecule has 0 radical (unpaired) electrons. The smallest absolute Gasteiger partial charge is 0.444 e. The second-order valence-electron chi connectivity index (χ2n) is 12.8. The molecule has 1 aromatic heterocycles. The molecule has 0 saturated heterocycles. The van der Waals surface area contributed by atoms with Crippen LogP contribution < -0.4 is 25.4 Å². The monoisotopic (exact) mass is 568 g/mol. The van der Waals surface area contributed by atoms with Crippen LogP contribution >= 0.6 is 0 Å². The molecule has 41 heavy (non-hydrogen) atoms. The second-order valence-corrected chi connectivity index (χ2v) is 12.8. The van der Waals surface area contributed by atoms with E-state index in [1.165, 1.54) is 12.3 Å². The van der Waals surface area contributed by atoms with E-state index in [0.717, 1.165) is 32.1 Å². The molecule has 1 unspecified atom stereocenters. The highest BCUT2D eigenvalue weighted by atomic mass is 19.3. The zero-order valence-electron chi connectivity index (χ0n) is 23.3. The topological polar surface area (TPSA) is 130 Å². The standard InChI is InChI=1S/C29H34F2N6O4/c1-27(2,3)41-26(38)36-22-18-7-16-8-19(22)11-28(9-16,10-18)15-35-24-20(12-32)14-34-25(37-24)33-13-17-5-4-6-21-23(17)40-29(30,31)39-21/h4-6,14,16,18-19,22H,7-11,13,15H2,1-3H3,(H,36,38)(H2,33,34,35,37)/t16?,18-,19+,22-,28-. The number of carbonyl (C=O) groups excluding carboxylic acids is 1. The zero-order valence-corrected chi connectivity index (χ0v) is 23.3. The number of para-hydroxylation sites is 1. The Bertz CT molecular complexity index is 1370. The quantitative estimate of drug-likeness (QED) is 0.401. The molecule has 1 aliphatic heterocycles. The van der Waals surface area contributed by atoms with E-state index in [2.05, 4.69) is 41.5 Å². The van der Waals surface area contributed by atoms with Gasteiger partial charge >= 0.3 is 12.4 Å². The number of alkyl carbamates (subject to hydrolysis) is 1. The van der Waals surface area contributed by atoms with Crippen molar-refractivity contribution in [1.29, 1.82) is 5.26 Å². The van der Waals surface area contributed by atoms with Gasteiger partial charge in [-0.15, -0.1) is 8.78 Å². The maximum atomic E-state index is 13.6. The van der Waals surface area contributed by atoms with E-state index < -0.39 is 11.9 Å². The van der Waals surface area contributed by atoms with Gasteiger partial charge in [-0.05, 0) is 82.1 Å². The fourth-order valence-electron chi connectivity index (χ4n) is 7.38. The fraction of sp³-hybridized carbons (Fsp3) is 0.586. The SMILES string of the molecule is CC(C)(C)OC(=O)N[C@@H]1[C@@H]2CC3C[C@H]1C[C@@](CNc1nc(NCc4cccc5c4OC(F)(F)O5)ncc1C#N)(C3)C2. The lowest BCUT2D eigenvalue weighted by molar-refractivity contribution is -0.286. The molecule has 1 amide bonds. The number of rotatable bonds is 7. The summed E-state index contributed by atoms with van der Waals surface area (Å²) < 4.78 is 41.8. The first-order valence-corrected chi connectivity index (χ1v) is 14.0. The lowest BCUT2D eigenvalue weighted by atomic mass is 9.48. The van der Waals surface area contributed by atoms with Crippen molar-refractivity contribution in [3.8, 4) is 17.6 Å². The Morgan fingerprint density at radius 1 is 1.17 bits per heavy atom. The van der Waals surface area contributed by atoms with Gasteiger partial charge in [-0.1, -0.05) is 12.1 Å². The third kappa shape index (κ3) is 5.67. The number of hydrogen-bond donors (Lipinski definition) is 3. The van der Waals surface area contributed by atoms with Crippen LogP contribution in [-0.2, 0) is 11.3 Å². The Labute approximate surface area is 237 Å². The summed E-state index contributed by atoms with van der Waals surface area (Å²) in [6.07, 6.45) is 2.67. The molecule has 4 bridgehead atoms. The fourth-order valence-corrected chi connectivity index (χ4v) is 7.38. The molecule has 1 aromatic carbocycles. The molecule has 12 heteroatoms. The average molecular weight is 569 g/mol. The van der Waals surface area contributed by atoms with E-state index in [9.17, 15) is 18.8 Å². The molecule has 5 aliphatic rings. The van der Waals surface area contributed by atoms with Gasteiger partial charge in [0.2, 0.25) is 5.95 Å². The van der Waals surface area contributed by atoms with E-state index in [-0.39, 0.29) is 41.5 Å². The lowest BCUT2D eigenvalue weighted by Gasteiger charge is -2.60. The minimum atomic E-state index is -3.70. The third-order valence-corrected chi connectivity index (χ3v) is 8.57. The highest BCUT2D eigenvalue weighted by Gasteiger charge is 2.55. The molecule has 3 N–H and O–H groups in total. The molecular formula is C29H34F2N6O4. The van der Waals surface area contributed by atoms with Crippen LogP contribution in [0.2, 0.25) is 0 Å². The predicted molar refractivity (Wildman–Crippen MR) is 144 cm³/mol. The van der Waals surface area contributed by atoms with Crippen molar-refractivity contribution in [2.75, 3.05) is 17.2 Å². The Morgan fingerprint density at radius 2 is 1.93 bits per heavy atom. The first-order chi connectivity index (χ1) is 19.4. The highest BCUT2D eigenvalue weighted by molar-refractivity contribution is 5.68. The number of carbonyl (C=O) groups is 1. The second kappa shape index (κ2) is 9.89. The van der Waals surface area contributed by atoms with Crippen molar-refractivity contribution in [2.45, 2.75) is 77.4 Å². The number of amides is 1. The minimum Gasteiger partial charge on any atom is -0.444 e. The molecule has 4 saturated carbocycles. The van der Waals surface area contributed by atoms with E-state index in [1.54, 1.807) is 12.1 Å². The van der Waals surface area contributed by atoms with Gasteiger partial charge in [0, 0.05) is 24.7 Å². The van der Waals surface area contributed by atoms with E-state index >= 15 is 0 Å². The van der Waals surface area contributed by atoms with Gasteiger partial charge in [-0.3, -0.25) is 0 Å². The molecule has 4 aliphatic carbocycles. The summed E-state index contributed by atoms with van der Waals surface area (Å²) in [4.78, 5) is 21.3. The Balaban J connectivity index is 1.11. The summed E-state index contributed by atoms with van der Waals surface area (Å²) in [5.41, 5.74) is 0.302. The molecule has 2 aromatic rings. The number of nitrogens with zero attached hydrogens (tertiary/aromatic N) is 3. The van der Waals surface area contributed by atoms with Crippen LogP contribution in [-0.4, -0.2) is 40.5 Å². The number of halogens is 2. The number of anilines is 2. The molecule has 218 valence electrons. The average Bonchev–Trinajstić information content (AvgIpc) is 3.21. The number of hydrogen-bond acceptors (Lipinski definition) is 9. The third-order valence-electron chi connectivity index (χ3n) is 8.57. The molecular weight excluding hydrogens is 534 g/mol.